The molecule has 8 nitrogen and oxygen atoms in total. The molecule has 4 heterocycles. The Balaban J connectivity index is 1.34. The quantitative estimate of drug-likeness (QED) is 0.482. The van der Waals surface area contributed by atoms with E-state index in [1.165, 1.54) is 0 Å². The van der Waals surface area contributed by atoms with Gasteiger partial charge in [0.05, 0.1) is 5.39 Å². The molecule has 5 rings (SSSR count). The van der Waals surface area contributed by atoms with Gasteiger partial charge in [-0.1, -0.05) is 35.5 Å². The molecule has 4 aromatic rings. The number of hydrogen-bond acceptors (Lipinski definition) is 7. The van der Waals surface area contributed by atoms with Crippen molar-refractivity contribution in [3.05, 3.63) is 47.2 Å². The fourth-order valence-corrected chi connectivity index (χ4v) is 4.30. The number of benzene rings is 1. The van der Waals surface area contributed by atoms with Crippen LogP contribution in [0.1, 0.15) is 24.7 Å². The van der Waals surface area contributed by atoms with Crippen LogP contribution in [0.3, 0.4) is 0 Å². The molecule has 1 aliphatic rings. The lowest BCUT2D eigenvalue weighted by atomic mass is 9.96. The standard InChI is InChI=1S/C19H18BrN7O/c1-26-17-14(15(20)24-26)18(22-11-21-17)27-9-7-13(8-10-27)19-23-16(25-28-19)12-5-3-2-4-6-12/h2-6,11,13H,7-10H2,1H3. The van der Waals surface area contributed by atoms with E-state index in [2.05, 4.69) is 46.0 Å². The van der Waals surface area contributed by atoms with Crippen LogP contribution in [0.2, 0.25) is 0 Å². The van der Waals surface area contributed by atoms with Crippen molar-refractivity contribution in [1.82, 2.24) is 29.9 Å². The lowest BCUT2D eigenvalue weighted by molar-refractivity contribution is 0.329. The van der Waals surface area contributed by atoms with E-state index < -0.39 is 0 Å². The van der Waals surface area contributed by atoms with Crippen molar-refractivity contribution in [2.45, 2.75) is 18.8 Å². The largest absolute Gasteiger partial charge is 0.356 e. The predicted molar refractivity (Wildman–Crippen MR) is 108 cm³/mol. The second-order valence-electron chi connectivity index (χ2n) is 6.89. The summed E-state index contributed by atoms with van der Waals surface area (Å²) in [5.74, 6) is 2.54. The maximum atomic E-state index is 5.57. The number of hydrogen-bond donors (Lipinski definition) is 0. The number of fused-ring (bicyclic) bond motifs is 1. The van der Waals surface area contributed by atoms with Crippen LogP contribution >= 0.6 is 15.9 Å². The number of halogens is 1. The summed E-state index contributed by atoms with van der Waals surface area (Å²) >= 11 is 3.54. The predicted octanol–water partition coefficient (Wildman–Crippen LogP) is 3.56. The second-order valence-corrected chi connectivity index (χ2v) is 7.65. The van der Waals surface area contributed by atoms with E-state index in [-0.39, 0.29) is 5.92 Å². The molecule has 0 aliphatic carbocycles. The summed E-state index contributed by atoms with van der Waals surface area (Å²) in [5.41, 5.74) is 1.79. The smallest absolute Gasteiger partial charge is 0.230 e. The Bertz CT molecular complexity index is 1120. The monoisotopic (exact) mass is 439 g/mol. The fourth-order valence-electron chi connectivity index (χ4n) is 3.71. The Morgan fingerprint density at radius 3 is 2.68 bits per heavy atom. The van der Waals surface area contributed by atoms with Crippen molar-refractivity contribution in [3.63, 3.8) is 0 Å². The van der Waals surface area contributed by atoms with Gasteiger partial charge in [-0.2, -0.15) is 10.1 Å². The Labute approximate surface area is 169 Å². The topological polar surface area (TPSA) is 85.8 Å². The Morgan fingerprint density at radius 1 is 1.11 bits per heavy atom. The van der Waals surface area contributed by atoms with Gasteiger partial charge in [-0.3, -0.25) is 0 Å². The summed E-state index contributed by atoms with van der Waals surface area (Å²) in [6, 6.07) is 9.91. The summed E-state index contributed by atoms with van der Waals surface area (Å²) in [6.07, 6.45) is 3.46. The minimum absolute atomic E-state index is 0.260. The zero-order valence-corrected chi connectivity index (χ0v) is 16.9. The minimum atomic E-state index is 0.260. The molecule has 1 aromatic carbocycles. The lowest BCUT2D eigenvalue weighted by Crippen LogP contribution is -2.33. The number of anilines is 1. The van der Waals surface area contributed by atoms with Gasteiger partial charge in [-0.15, -0.1) is 0 Å². The third-order valence-electron chi connectivity index (χ3n) is 5.18. The van der Waals surface area contributed by atoms with E-state index in [1.54, 1.807) is 11.0 Å². The SMILES string of the molecule is Cn1nc(Br)c2c(N3CCC(c4nc(-c5ccccc5)no4)CC3)ncnc21. The molecule has 1 saturated heterocycles. The van der Waals surface area contributed by atoms with Crippen LogP contribution in [0, 0.1) is 0 Å². The third kappa shape index (κ3) is 2.95. The highest BCUT2D eigenvalue weighted by Crippen LogP contribution is 2.34. The van der Waals surface area contributed by atoms with Gasteiger partial charge in [0.1, 0.15) is 16.7 Å². The zero-order valence-electron chi connectivity index (χ0n) is 15.3. The summed E-state index contributed by atoms with van der Waals surface area (Å²) in [5, 5.41) is 9.52. The summed E-state index contributed by atoms with van der Waals surface area (Å²) < 4.78 is 8.10. The van der Waals surface area contributed by atoms with Crippen LogP contribution in [-0.2, 0) is 7.05 Å². The highest BCUT2D eigenvalue weighted by atomic mass is 79.9. The molecule has 0 atom stereocenters. The number of aryl methyl sites for hydroxylation is 1. The molecule has 9 heteroatoms. The molecule has 142 valence electrons. The van der Waals surface area contributed by atoms with Crippen molar-refractivity contribution in [2.24, 2.45) is 7.05 Å². The first-order valence-electron chi connectivity index (χ1n) is 9.18. The zero-order chi connectivity index (χ0) is 19.1. The van der Waals surface area contributed by atoms with Gasteiger partial charge >= 0.3 is 0 Å². The molecule has 0 saturated carbocycles. The van der Waals surface area contributed by atoms with Crippen molar-refractivity contribution < 1.29 is 4.52 Å². The van der Waals surface area contributed by atoms with Gasteiger partial charge in [0.15, 0.2) is 5.65 Å². The molecule has 28 heavy (non-hydrogen) atoms. The molecule has 0 unspecified atom stereocenters. The van der Waals surface area contributed by atoms with Gasteiger partial charge in [0.25, 0.3) is 0 Å². The molecule has 3 aromatic heterocycles. The van der Waals surface area contributed by atoms with Crippen LogP contribution in [0.5, 0.6) is 0 Å². The number of aromatic nitrogens is 6. The van der Waals surface area contributed by atoms with Crippen LogP contribution in [-0.4, -0.2) is 43.0 Å². The highest BCUT2D eigenvalue weighted by Gasteiger charge is 2.28. The third-order valence-corrected chi connectivity index (χ3v) is 5.73. The summed E-state index contributed by atoms with van der Waals surface area (Å²) in [4.78, 5) is 15.8. The number of rotatable bonds is 3. The van der Waals surface area contributed by atoms with Gasteiger partial charge in [0, 0.05) is 31.6 Å². The molecule has 1 fully saturated rings. The highest BCUT2D eigenvalue weighted by molar-refractivity contribution is 9.10. The normalized spacial score (nSPS) is 15.4. The van der Waals surface area contributed by atoms with Crippen molar-refractivity contribution in [1.29, 1.82) is 0 Å². The van der Waals surface area contributed by atoms with E-state index in [1.807, 2.05) is 37.4 Å². The number of piperidine rings is 1. The Kier molecular flexibility index (Phi) is 4.31. The maximum absolute atomic E-state index is 5.57. The van der Waals surface area contributed by atoms with Crippen LogP contribution in [0.4, 0.5) is 5.82 Å². The molecule has 0 spiro atoms. The molecular formula is C19H18BrN7O. The van der Waals surface area contributed by atoms with Gasteiger partial charge in [-0.25, -0.2) is 14.6 Å². The second kappa shape index (κ2) is 6.97. The summed E-state index contributed by atoms with van der Waals surface area (Å²) in [7, 11) is 1.88. The van der Waals surface area contributed by atoms with E-state index >= 15 is 0 Å². The first-order chi connectivity index (χ1) is 13.7. The average Bonchev–Trinajstić information content (AvgIpc) is 3.34. The molecule has 0 N–H and O–H groups in total. The van der Waals surface area contributed by atoms with Gasteiger partial charge in [-0.05, 0) is 28.8 Å². The van der Waals surface area contributed by atoms with Crippen LogP contribution < -0.4 is 4.90 Å². The first-order valence-corrected chi connectivity index (χ1v) is 9.97. The lowest BCUT2D eigenvalue weighted by Gasteiger charge is -2.31. The first kappa shape index (κ1) is 17.3. The van der Waals surface area contributed by atoms with Gasteiger partial charge < -0.3 is 9.42 Å². The Morgan fingerprint density at radius 2 is 1.89 bits per heavy atom. The molecule has 0 amide bonds. The fraction of sp³-hybridized carbons (Fsp3) is 0.316. The Hall–Kier alpha value is -2.81. The molecule has 0 bridgehead atoms. The minimum Gasteiger partial charge on any atom is -0.356 e. The average molecular weight is 440 g/mol. The van der Waals surface area contributed by atoms with E-state index in [9.17, 15) is 0 Å². The van der Waals surface area contributed by atoms with Crippen molar-refractivity contribution in [3.8, 4) is 11.4 Å². The summed E-state index contributed by atoms with van der Waals surface area (Å²) in [6.45, 7) is 1.72. The van der Waals surface area contributed by atoms with Crippen LogP contribution in [0.15, 0.2) is 45.8 Å². The van der Waals surface area contributed by atoms with Crippen molar-refractivity contribution in [2.75, 3.05) is 18.0 Å². The van der Waals surface area contributed by atoms with Crippen LogP contribution in [0.25, 0.3) is 22.4 Å². The van der Waals surface area contributed by atoms with E-state index in [4.69, 9.17) is 4.52 Å². The van der Waals surface area contributed by atoms with Gasteiger partial charge in [0.2, 0.25) is 11.7 Å². The number of nitrogens with zero attached hydrogens (tertiary/aromatic N) is 7. The van der Waals surface area contributed by atoms with E-state index in [0.717, 1.165) is 52.9 Å². The van der Waals surface area contributed by atoms with Crippen molar-refractivity contribution >= 4 is 32.8 Å². The molecule has 0 radical (unpaired) electrons. The molecule has 1 aliphatic heterocycles. The van der Waals surface area contributed by atoms with E-state index in [0.29, 0.717) is 11.7 Å². The molecular weight excluding hydrogens is 422 g/mol. The maximum Gasteiger partial charge on any atom is 0.230 e.